The fraction of sp³-hybridized carbons (Fsp3) is 0.385. The predicted molar refractivity (Wildman–Crippen MR) is 79.0 cm³/mol. The van der Waals surface area contributed by atoms with E-state index in [1.807, 2.05) is 12.1 Å². The third-order valence-corrected chi connectivity index (χ3v) is 5.35. The lowest BCUT2D eigenvalue weighted by Gasteiger charge is -2.17. The third-order valence-electron chi connectivity index (χ3n) is 3.29. The van der Waals surface area contributed by atoms with Gasteiger partial charge in [0.05, 0.1) is 11.4 Å². The highest BCUT2D eigenvalue weighted by Crippen LogP contribution is 2.21. The molecule has 0 saturated carbocycles. The molecule has 2 aromatic rings. The molecule has 0 bridgehead atoms. The molecule has 0 aliphatic carbocycles. The molecular weight excluding hydrogens is 290 g/mol. The summed E-state index contributed by atoms with van der Waals surface area (Å²) < 4.78 is 26.6. The van der Waals surface area contributed by atoms with E-state index in [-0.39, 0.29) is 11.4 Å². The van der Waals surface area contributed by atoms with Crippen LogP contribution >= 0.6 is 0 Å². The smallest absolute Gasteiger partial charge is 0.246 e. The van der Waals surface area contributed by atoms with Crippen molar-refractivity contribution in [1.82, 2.24) is 19.5 Å². The summed E-state index contributed by atoms with van der Waals surface area (Å²) in [5.41, 5.74) is 7.46. The zero-order valence-electron chi connectivity index (χ0n) is 12.1. The number of rotatable bonds is 6. The summed E-state index contributed by atoms with van der Waals surface area (Å²) in [6.45, 7) is 2.13. The number of nitrogens with zero attached hydrogens (tertiary/aromatic N) is 3. The molecule has 0 saturated heterocycles. The Morgan fingerprint density at radius 2 is 2.00 bits per heavy atom. The molecular formula is C13H19N5O2S. The lowest BCUT2D eigenvalue weighted by molar-refractivity contribution is 0.471. The summed E-state index contributed by atoms with van der Waals surface area (Å²) in [6.07, 6.45) is 4.00. The van der Waals surface area contributed by atoms with Crippen LogP contribution in [0.25, 0.3) is 0 Å². The van der Waals surface area contributed by atoms with Gasteiger partial charge in [-0.15, -0.1) is 0 Å². The number of aromatic nitrogens is 3. The molecule has 0 amide bonds. The number of sulfonamides is 1. The standard InChI is InChI=1S/C13H19N5O2S/c1-10-13(12(9-14)17-16-10)21(19,20)18(2)8-5-11-3-6-15-7-4-11/h3-4,6-7H,5,8-9,14H2,1-2H3,(H,16,17). The molecule has 0 atom stereocenters. The highest BCUT2D eigenvalue weighted by Gasteiger charge is 2.27. The molecule has 7 nitrogen and oxygen atoms in total. The Morgan fingerprint density at radius 1 is 1.33 bits per heavy atom. The molecule has 0 aliphatic heterocycles. The lowest BCUT2D eigenvalue weighted by atomic mass is 10.2. The van der Waals surface area contributed by atoms with Crippen LogP contribution in [-0.4, -0.2) is 41.5 Å². The summed E-state index contributed by atoms with van der Waals surface area (Å²) in [7, 11) is -2.04. The van der Waals surface area contributed by atoms with E-state index < -0.39 is 10.0 Å². The Labute approximate surface area is 124 Å². The van der Waals surface area contributed by atoms with Crippen molar-refractivity contribution in [3.8, 4) is 0 Å². The second kappa shape index (κ2) is 6.33. The van der Waals surface area contributed by atoms with Gasteiger partial charge in [0.15, 0.2) is 0 Å². The fourth-order valence-electron chi connectivity index (χ4n) is 2.06. The number of aromatic amines is 1. The van der Waals surface area contributed by atoms with Gasteiger partial charge >= 0.3 is 0 Å². The second-order valence-electron chi connectivity index (χ2n) is 4.76. The molecule has 0 spiro atoms. The average Bonchev–Trinajstić information content (AvgIpc) is 2.87. The van der Waals surface area contributed by atoms with Crippen molar-refractivity contribution in [3.05, 3.63) is 41.5 Å². The van der Waals surface area contributed by atoms with E-state index in [0.717, 1.165) is 5.56 Å². The van der Waals surface area contributed by atoms with Crippen LogP contribution in [-0.2, 0) is 23.0 Å². The van der Waals surface area contributed by atoms with Crippen LogP contribution in [0.4, 0.5) is 0 Å². The molecule has 3 N–H and O–H groups in total. The van der Waals surface area contributed by atoms with E-state index in [1.165, 1.54) is 4.31 Å². The van der Waals surface area contributed by atoms with E-state index in [2.05, 4.69) is 15.2 Å². The molecule has 21 heavy (non-hydrogen) atoms. The number of nitrogens with one attached hydrogen (secondary N) is 1. The fourth-order valence-corrected chi connectivity index (χ4v) is 3.56. The van der Waals surface area contributed by atoms with Gasteiger partial charge in [-0.05, 0) is 31.0 Å². The van der Waals surface area contributed by atoms with Crippen LogP contribution in [0.2, 0.25) is 0 Å². The van der Waals surface area contributed by atoms with E-state index in [4.69, 9.17) is 5.73 Å². The third kappa shape index (κ3) is 3.29. The van der Waals surface area contributed by atoms with Crippen molar-refractivity contribution in [3.63, 3.8) is 0 Å². The first kappa shape index (κ1) is 15.6. The van der Waals surface area contributed by atoms with E-state index in [9.17, 15) is 8.42 Å². The minimum atomic E-state index is -3.60. The quantitative estimate of drug-likeness (QED) is 0.805. The minimum absolute atomic E-state index is 0.0805. The number of H-pyrrole nitrogens is 1. The summed E-state index contributed by atoms with van der Waals surface area (Å²) in [4.78, 5) is 4.12. The highest BCUT2D eigenvalue weighted by molar-refractivity contribution is 7.89. The zero-order valence-corrected chi connectivity index (χ0v) is 12.9. The van der Waals surface area contributed by atoms with Crippen LogP contribution in [0.15, 0.2) is 29.4 Å². The molecule has 2 rings (SSSR count). The second-order valence-corrected chi connectivity index (χ2v) is 6.74. The summed E-state index contributed by atoms with van der Waals surface area (Å²) >= 11 is 0. The Morgan fingerprint density at radius 3 is 2.62 bits per heavy atom. The van der Waals surface area contributed by atoms with Crippen LogP contribution in [0.5, 0.6) is 0 Å². The van der Waals surface area contributed by atoms with Crippen molar-refractivity contribution >= 4 is 10.0 Å². The summed E-state index contributed by atoms with van der Waals surface area (Å²) in [5.74, 6) is 0. The van der Waals surface area contributed by atoms with Crippen molar-refractivity contribution in [2.75, 3.05) is 13.6 Å². The van der Waals surface area contributed by atoms with E-state index >= 15 is 0 Å². The van der Waals surface area contributed by atoms with Gasteiger partial charge in [0.2, 0.25) is 10.0 Å². The molecule has 2 aromatic heterocycles. The van der Waals surface area contributed by atoms with Crippen molar-refractivity contribution in [2.24, 2.45) is 5.73 Å². The summed E-state index contributed by atoms with van der Waals surface area (Å²) in [6, 6.07) is 3.74. The van der Waals surface area contributed by atoms with Gasteiger partial charge in [-0.2, -0.15) is 5.10 Å². The van der Waals surface area contributed by atoms with Crippen LogP contribution < -0.4 is 5.73 Å². The van der Waals surface area contributed by atoms with Crippen molar-refractivity contribution in [1.29, 1.82) is 0 Å². The van der Waals surface area contributed by atoms with E-state index in [0.29, 0.717) is 24.4 Å². The Kier molecular flexibility index (Phi) is 4.71. The molecule has 114 valence electrons. The monoisotopic (exact) mass is 309 g/mol. The van der Waals surface area contributed by atoms with Crippen LogP contribution in [0.1, 0.15) is 17.0 Å². The maximum atomic E-state index is 12.6. The maximum Gasteiger partial charge on any atom is 0.246 e. The number of likely N-dealkylation sites (N-methyl/N-ethyl adjacent to an activating group) is 1. The van der Waals surface area contributed by atoms with E-state index in [1.54, 1.807) is 26.4 Å². The SMILES string of the molecule is Cc1[nH]nc(CN)c1S(=O)(=O)N(C)CCc1ccncc1. The molecule has 0 unspecified atom stereocenters. The molecule has 2 heterocycles. The minimum Gasteiger partial charge on any atom is -0.325 e. The van der Waals surface area contributed by atoms with Gasteiger partial charge in [-0.3, -0.25) is 10.1 Å². The predicted octanol–water partition coefficient (Wildman–Crippen LogP) is 0.435. The van der Waals surface area contributed by atoms with Gasteiger partial charge in [-0.1, -0.05) is 0 Å². The molecule has 0 fully saturated rings. The Balaban J connectivity index is 2.17. The maximum absolute atomic E-state index is 12.6. The first-order chi connectivity index (χ1) is 9.96. The Hall–Kier alpha value is -1.77. The number of pyridine rings is 1. The van der Waals surface area contributed by atoms with Gasteiger partial charge in [0.25, 0.3) is 0 Å². The molecule has 0 radical (unpaired) electrons. The van der Waals surface area contributed by atoms with Gasteiger partial charge in [-0.25, -0.2) is 12.7 Å². The number of nitrogens with two attached hydrogens (primary N) is 1. The first-order valence-corrected chi connectivity index (χ1v) is 8.00. The number of aryl methyl sites for hydroxylation is 1. The van der Waals surface area contributed by atoms with Crippen molar-refractivity contribution in [2.45, 2.75) is 24.8 Å². The van der Waals surface area contributed by atoms with Gasteiger partial charge in [0, 0.05) is 32.5 Å². The Bertz CT molecular complexity index is 697. The lowest BCUT2D eigenvalue weighted by Crippen LogP contribution is -2.30. The normalized spacial score (nSPS) is 12.0. The van der Waals surface area contributed by atoms with Gasteiger partial charge in [0.1, 0.15) is 4.90 Å². The summed E-state index contributed by atoms with van der Waals surface area (Å²) in [5, 5.41) is 6.62. The topological polar surface area (TPSA) is 105 Å². The van der Waals surface area contributed by atoms with Crippen molar-refractivity contribution < 1.29 is 8.42 Å². The molecule has 8 heteroatoms. The zero-order chi connectivity index (χ0) is 15.5. The van der Waals surface area contributed by atoms with Crippen LogP contribution in [0, 0.1) is 6.92 Å². The average molecular weight is 309 g/mol. The van der Waals surface area contributed by atoms with Gasteiger partial charge < -0.3 is 5.73 Å². The molecule has 0 aromatic carbocycles. The highest BCUT2D eigenvalue weighted by atomic mass is 32.2. The number of hydrogen-bond donors (Lipinski definition) is 2. The van der Waals surface area contributed by atoms with Crippen LogP contribution in [0.3, 0.4) is 0 Å². The largest absolute Gasteiger partial charge is 0.325 e. The molecule has 0 aliphatic rings. The number of hydrogen-bond acceptors (Lipinski definition) is 5. The first-order valence-electron chi connectivity index (χ1n) is 6.56.